The molecule has 1 rings (SSSR count). The number of aliphatic carboxylic acids is 1. The van der Waals surface area contributed by atoms with Crippen LogP contribution in [-0.4, -0.2) is 22.7 Å². The number of hydrogen-bond acceptors (Lipinski definition) is 2. The SMILES string of the molecule is Cc1cccc(/C=C/C(=O)O)c1C(=O)CCCl. The molecule has 0 atom stereocenters. The number of aryl methyl sites for hydroxylation is 1. The minimum atomic E-state index is -1.04. The first-order valence-corrected chi connectivity index (χ1v) is 5.69. The highest BCUT2D eigenvalue weighted by Crippen LogP contribution is 2.18. The monoisotopic (exact) mass is 252 g/mol. The second kappa shape index (κ2) is 6.21. The Hall–Kier alpha value is -1.61. The molecule has 3 nitrogen and oxygen atoms in total. The van der Waals surface area contributed by atoms with Crippen LogP contribution in [0.3, 0.4) is 0 Å². The van der Waals surface area contributed by atoms with Crippen LogP contribution in [0.15, 0.2) is 24.3 Å². The zero-order valence-corrected chi connectivity index (χ0v) is 10.2. The van der Waals surface area contributed by atoms with Gasteiger partial charge in [0, 0.05) is 23.9 Å². The fraction of sp³-hybridized carbons (Fsp3) is 0.231. The van der Waals surface area contributed by atoms with E-state index in [0.717, 1.165) is 11.6 Å². The van der Waals surface area contributed by atoms with Crippen molar-refractivity contribution in [2.75, 3.05) is 5.88 Å². The molecule has 17 heavy (non-hydrogen) atoms. The largest absolute Gasteiger partial charge is 0.478 e. The maximum atomic E-state index is 11.9. The summed E-state index contributed by atoms with van der Waals surface area (Å²) in [6.07, 6.45) is 2.70. The first kappa shape index (κ1) is 13.5. The summed E-state index contributed by atoms with van der Waals surface area (Å²) in [5.74, 6) is -0.847. The predicted molar refractivity (Wildman–Crippen MR) is 67.5 cm³/mol. The van der Waals surface area contributed by atoms with Crippen molar-refractivity contribution in [2.24, 2.45) is 0 Å². The Balaban J connectivity index is 3.17. The van der Waals surface area contributed by atoms with Crippen LogP contribution in [0.2, 0.25) is 0 Å². The number of carbonyl (C=O) groups excluding carboxylic acids is 1. The van der Waals surface area contributed by atoms with Crippen molar-refractivity contribution in [2.45, 2.75) is 13.3 Å². The van der Waals surface area contributed by atoms with Crippen LogP contribution in [0.1, 0.15) is 27.9 Å². The second-order valence-corrected chi connectivity index (χ2v) is 3.95. The molecule has 4 heteroatoms. The van der Waals surface area contributed by atoms with Gasteiger partial charge in [-0.05, 0) is 24.1 Å². The van der Waals surface area contributed by atoms with E-state index in [-0.39, 0.29) is 18.1 Å². The molecule has 1 aromatic rings. The Bertz CT molecular complexity index is 464. The lowest BCUT2D eigenvalue weighted by atomic mass is 9.96. The van der Waals surface area contributed by atoms with Crippen LogP contribution in [0.25, 0.3) is 6.08 Å². The molecule has 0 bridgehead atoms. The summed E-state index contributed by atoms with van der Waals surface area (Å²) in [4.78, 5) is 22.3. The summed E-state index contributed by atoms with van der Waals surface area (Å²) in [5, 5.41) is 8.58. The lowest BCUT2D eigenvalue weighted by Gasteiger charge is -2.07. The van der Waals surface area contributed by atoms with Crippen molar-refractivity contribution in [1.29, 1.82) is 0 Å². The third-order valence-corrected chi connectivity index (χ3v) is 2.50. The maximum Gasteiger partial charge on any atom is 0.328 e. The van der Waals surface area contributed by atoms with Crippen LogP contribution in [-0.2, 0) is 4.79 Å². The molecule has 0 aliphatic carbocycles. The van der Waals surface area contributed by atoms with Gasteiger partial charge in [-0.1, -0.05) is 18.2 Å². The average molecular weight is 253 g/mol. The molecule has 0 heterocycles. The van der Waals surface area contributed by atoms with Gasteiger partial charge >= 0.3 is 5.97 Å². The maximum absolute atomic E-state index is 11.9. The topological polar surface area (TPSA) is 54.4 Å². The molecule has 90 valence electrons. The Morgan fingerprint density at radius 2 is 2.12 bits per heavy atom. The van der Waals surface area contributed by atoms with Gasteiger partial charge in [0.2, 0.25) is 0 Å². The highest BCUT2D eigenvalue weighted by molar-refractivity contribution is 6.19. The molecule has 0 aliphatic rings. The van der Waals surface area contributed by atoms with Crippen molar-refractivity contribution >= 4 is 29.4 Å². The predicted octanol–water partition coefficient (Wildman–Crippen LogP) is 2.90. The lowest BCUT2D eigenvalue weighted by Crippen LogP contribution is -2.05. The number of rotatable bonds is 5. The molecular weight excluding hydrogens is 240 g/mol. The van der Waals surface area contributed by atoms with Crippen molar-refractivity contribution in [3.8, 4) is 0 Å². The van der Waals surface area contributed by atoms with Crippen molar-refractivity contribution < 1.29 is 14.7 Å². The highest BCUT2D eigenvalue weighted by atomic mass is 35.5. The lowest BCUT2D eigenvalue weighted by molar-refractivity contribution is -0.131. The van der Waals surface area contributed by atoms with E-state index in [1.165, 1.54) is 6.08 Å². The van der Waals surface area contributed by atoms with Gasteiger partial charge in [-0.3, -0.25) is 4.79 Å². The van der Waals surface area contributed by atoms with Crippen LogP contribution in [0.4, 0.5) is 0 Å². The van der Waals surface area contributed by atoms with Gasteiger partial charge in [0.1, 0.15) is 0 Å². The average Bonchev–Trinajstić information content (AvgIpc) is 2.26. The summed E-state index contributed by atoms with van der Waals surface area (Å²) in [6.45, 7) is 1.82. The fourth-order valence-corrected chi connectivity index (χ4v) is 1.75. The van der Waals surface area contributed by atoms with E-state index in [1.54, 1.807) is 12.1 Å². The normalized spacial score (nSPS) is 10.7. The minimum absolute atomic E-state index is 0.0665. The van der Waals surface area contributed by atoms with E-state index >= 15 is 0 Å². The van der Waals surface area contributed by atoms with Gasteiger partial charge in [-0.15, -0.1) is 11.6 Å². The molecule has 0 spiro atoms. The Morgan fingerprint density at radius 1 is 1.41 bits per heavy atom. The number of Topliss-reactive ketones (excluding diaryl/α,β-unsaturated/α-hetero) is 1. The first-order valence-electron chi connectivity index (χ1n) is 5.16. The Morgan fingerprint density at radius 3 is 2.71 bits per heavy atom. The van der Waals surface area contributed by atoms with Crippen LogP contribution in [0, 0.1) is 6.92 Å². The summed E-state index contributed by atoms with van der Waals surface area (Å²) in [5.41, 5.74) is 1.99. The standard InChI is InChI=1S/C13H13ClO3/c1-9-3-2-4-10(5-6-12(16)17)13(9)11(15)7-8-14/h2-6H,7-8H2,1H3,(H,16,17)/b6-5+. The Labute approximate surface area is 105 Å². The van der Waals surface area contributed by atoms with Crippen molar-refractivity contribution in [3.63, 3.8) is 0 Å². The third-order valence-electron chi connectivity index (χ3n) is 2.31. The minimum Gasteiger partial charge on any atom is -0.478 e. The van der Waals surface area contributed by atoms with E-state index < -0.39 is 5.97 Å². The van der Waals surface area contributed by atoms with Gasteiger partial charge in [0.05, 0.1) is 0 Å². The van der Waals surface area contributed by atoms with E-state index in [1.807, 2.05) is 13.0 Å². The van der Waals surface area contributed by atoms with Crippen LogP contribution >= 0.6 is 11.6 Å². The fourth-order valence-electron chi connectivity index (χ4n) is 1.58. The van der Waals surface area contributed by atoms with E-state index in [0.29, 0.717) is 11.1 Å². The first-order chi connectivity index (χ1) is 8.06. The molecule has 0 amide bonds. The summed E-state index contributed by atoms with van der Waals surface area (Å²) < 4.78 is 0. The number of alkyl halides is 1. The molecule has 0 fully saturated rings. The number of carbonyl (C=O) groups is 2. The molecule has 0 radical (unpaired) electrons. The smallest absolute Gasteiger partial charge is 0.328 e. The number of benzene rings is 1. The molecule has 0 saturated heterocycles. The number of ketones is 1. The van der Waals surface area contributed by atoms with Gasteiger partial charge in [-0.2, -0.15) is 0 Å². The van der Waals surface area contributed by atoms with Crippen LogP contribution < -0.4 is 0 Å². The van der Waals surface area contributed by atoms with E-state index in [4.69, 9.17) is 16.7 Å². The number of carboxylic acids is 1. The molecule has 1 N–H and O–H groups in total. The molecule has 0 aromatic heterocycles. The van der Waals surface area contributed by atoms with E-state index in [9.17, 15) is 9.59 Å². The summed E-state index contributed by atoms with van der Waals surface area (Å²) in [6, 6.07) is 5.32. The summed E-state index contributed by atoms with van der Waals surface area (Å²) in [7, 11) is 0. The molecule has 0 saturated carbocycles. The van der Waals surface area contributed by atoms with Crippen molar-refractivity contribution in [1.82, 2.24) is 0 Å². The molecule has 1 aromatic carbocycles. The Kier molecular flexibility index (Phi) is 4.91. The molecule has 0 unspecified atom stereocenters. The quantitative estimate of drug-likeness (QED) is 0.498. The second-order valence-electron chi connectivity index (χ2n) is 3.57. The zero-order chi connectivity index (χ0) is 12.8. The van der Waals surface area contributed by atoms with Crippen LogP contribution in [0.5, 0.6) is 0 Å². The van der Waals surface area contributed by atoms with Gasteiger partial charge in [0.25, 0.3) is 0 Å². The third kappa shape index (κ3) is 3.71. The van der Waals surface area contributed by atoms with Crippen molar-refractivity contribution in [3.05, 3.63) is 41.0 Å². The van der Waals surface area contributed by atoms with Gasteiger partial charge in [-0.25, -0.2) is 4.79 Å². The van der Waals surface area contributed by atoms with Gasteiger partial charge in [0.15, 0.2) is 5.78 Å². The molecule has 0 aliphatic heterocycles. The summed E-state index contributed by atoms with van der Waals surface area (Å²) >= 11 is 5.55. The number of carboxylic acid groups (broad SMARTS) is 1. The number of halogens is 1. The van der Waals surface area contributed by atoms with Gasteiger partial charge < -0.3 is 5.11 Å². The zero-order valence-electron chi connectivity index (χ0n) is 9.44. The highest BCUT2D eigenvalue weighted by Gasteiger charge is 2.12. The van der Waals surface area contributed by atoms with E-state index in [2.05, 4.69) is 0 Å². The molecular formula is C13H13ClO3. The number of hydrogen-bond donors (Lipinski definition) is 1.